The summed E-state index contributed by atoms with van der Waals surface area (Å²) < 4.78 is 0. The van der Waals surface area contributed by atoms with Gasteiger partial charge in [-0.25, -0.2) is 0 Å². The normalized spacial score (nSPS) is 15.2. The van der Waals surface area contributed by atoms with Crippen LogP contribution in [0.5, 0.6) is 0 Å². The van der Waals surface area contributed by atoms with Crippen molar-refractivity contribution >= 4 is 15.9 Å². The van der Waals surface area contributed by atoms with Crippen molar-refractivity contribution in [3.63, 3.8) is 0 Å². The number of halogens is 1. The van der Waals surface area contributed by atoms with Crippen molar-refractivity contribution in [2.24, 2.45) is 17.3 Å². The van der Waals surface area contributed by atoms with E-state index in [0.29, 0.717) is 5.41 Å². The van der Waals surface area contributed by atoms with E-state index in [0.717, 1.165) is 17.2 Å². The fourth-order valence-electron chi connectivity index (χ4n) is 1.28. The SMILES string of the molecule is CC(C)CCC(CBr)C(C)(C)C. The van der Waals surface area contributed by atoms with Gasteiger partial charge in [-0.15, -0.1) is 0 Å². The third-order valence-electron chi connectivity index (χ3n) is 2.50. The first kappa shape index (κ1) is 12.5. The predicted molar refractivity (Wildman–Crippen MR) is 60.8 cm³/mol. The van der Waals surface area contributed by atoms with Crippen molar-refractivity contribution in [1.82, 2.24) is 0 Å². The minimum Gasteiger partial charge on any atom is -0.0925 e. The van der Waals surface area contributed by atoms with Gasteiger partial charge >= 0.3 is 0 Å². The lowest BCUT2D eigenvalue weighted by Crippen LogP contribution is -2.22. The number of rotatable bonds is 4. The first-order valence-electron chi connectivity index (χ1n) is 4.94. The molecule has 0 N–H and O–H groups in total. The van der Waals surface area contributed by atoms with Crippen molar-refractivity contribution < 1.29 is 0 Å². The van der Waals surface area contributed by atoms with Gasteiger partial charge in [0.2, 0.25) is 0 Å². The number of hydrogen-bond acceptors (Lipinski definition) is 0. The minimum atomic E-state index is 0.457. The van der Waals surface area contributed by atoms with Gasteiger partial charge in [0.25, 0.3) is 0 Å². The summed E-state index contributed by atoms with van der Waals surface area (Å²) in [6, 6.07) is 0. The maximum atomic E-state index is 3.60. The molecule has 0 aromatic carbocycles. The van der Waals surface area contributed by atoms with Gasteiger partial charge in [0.1, 0.15) is 0 Å². The van der Waals surface area contributed by atoms with Gasteiger partial charge in [0.05, 0.1) is 0 Å². The highest BCUT2D eigenvalue weighted by molar-refractivity contribution is 9.09. The molecule has 0 aliphatic rings. The summed E-state index contributed by atoms with van der Waals surface area (Å²) in [4.78, 5) is 0. The van der Waals surface area contributed by atoms with Gasteiger partial charge < -0.3 is 0 Å². The number of hydrogen-bond donors (Lipinski definition) is 0. The van der Waals surface area contributed by atoms with Crippen molar-refractivity contribution in [1.29, 1.82) is 0 Å². The first-order valence-corrected chi connectivity index (χ1v) is 6.06. The zero-order valence-electron chi connectivity index (χ0n) is 9.15. The van der Waals surface area contributed by atoms with E-state index in [4.69, 9.17) is 0 Å². The average molecular weight is 235 g/mol. The lowest BCUT2D eigenvalue weighted by atomic mass is 9.78. The lowest BCUT2D eigenvalue weighted by molar-refractivity contribution is 0.240. The molecular weight excluding hydrogens is 212 g/mol. The Morgan fingerprint density at radius 3 is 1.83 bits per heavy atom. The van der Waals surface area contributed by atoms with E-state index < -0.39 is 0 Å². The molecule has 1 unspecified atom stereocenters. The molecule has 0 bridgehead atoms. The van der Waals surface area contributed by atoms with E-state index in [-0.39, 0.29) is 0 Å². The summed E-state index contributed by atoms with van der Waals surface area (Å²) in [5, 5.41) is 1.14. The second-order valence-corrected chi connectivity index (χ2v) is 5.84. The third kappa shape index (κ3) is 5.18. The van der Waals surface area contributed by atoms with Crippen LogP contribution in [0.3, 0.4) is 0 Å². The molecule has 0 aromatic rings. The molecule has 0 aliphatic carbocycles. The van der Waals surface area contributed by atoms with Crippen LogP contribution in [0, 0.1) is 17.3 Å². The predicted octanol–water partition coefficient (Wildman–Crippen LogP) is 4.48. The van der Waals surface area contributed by atoms with Crippen LogP contribution < -0.4 is 0 Å². The Balaban J connectivity index is 3.84. The molecule has 0 spiro atoms. The van der Waals surface area contributed by atoms with Crippen LogP contribution in [-0.4, -0.2) is 5.33 Å². The molecule has 0 saturated heterocycles. The molecule has 0 saturated carbocycles. The summed E-state index contributed by atoms with van der Waals surface area (Å²) in [5.41, 5.74) is 0.457. The van der Waals surface area contributed by atoms with Crippen LogP contribution in [0.2, 0.25) is 0 Å². The van der Waals surface area contributed by atoms with Crippen molar-refractivity contribution in [2.45, 2.75) is 47.5 Å². The van der Waals surface area contributed by atoms with E-state index in [1.807, 2.05) is 0 Å². The van der Waals surface area contributed by atoms with Gasteiger partial charge in [0.15, 0.2) is 0 Å². The summed E-state index contributed by atoms with van der Waals surface area (Å²) in [6.45, 7) is 11.6. The second kappa shape index (κ2) is 5.26. The van der Waals surface area contributed by atoms with Crippen LogP contribution in [0.4, 0.5) is 0 Å². The summed E-state index contributed by atoms with van der Waals surface area (Å²) in [6.07, 6.45) is 2.71. The topological polar surface area (TPSA) is 0 Å². The standard InChI is InChI=1S/C11H23Br/c1-9(2)6-7-10(8-12)11(3,4)5/h9-10H,6-8H2,1-5H3. The highest BCUT2D eigenvalue weighted by Gasteiger charge is 2.22. The molecule has 0 nitrogen and oxygen atoms in total. The fourth-order valence-corrected chi connectivity index (χ4v) is 2.57. The summed E-state index contributed by atoms with van der Waals surface area (Å²) in [7, 11) is 0. The van der Waals surface area contributed by atoms with Crippen LogP contribution >= 0.6 is 15.9 Å². The van der Waals surface area contributed by atoms with E-state index in [2.05, 4.69) is 50.5 Å². The minimum absolute atomic E-state index is 0.457. The van der Waals surface area contributed by atoms with Crippen LogP contribution in [0.1, 0.15) is 47.5 Å². The van der Waals surface area contributed by atoms with E-state index in [1.165, 1.54) is 12.8 Å². The first-order chi connectivity index (χ1) is 5.38. The molecule has 74 valence electrons. The smallest absolute Gasteiger partial charge is 0.00646 e. The van der Waals surface area contributed by atoms with Gasteiger partial charge in [-0.2, -0.15) is 0 Å². The summed E-state index contributed by atoms with van der Waals surface area (Å²) in [5.74, 6) is 1.66. The van der Waals surface area contributed by atoms with E-state index in [1.54, 1.807) is 0 Å². The van der Waals surface area contributed by atoms with Crippen LogP contribution in [-0.2, 0) is 0 Å². The molecule has 0 amide bonds. The lowest BCUT2D eigenvalue weighted by Gasteiger charge is -2.29. The van der Waals surface area contributed by atoms with Crippen molar-refractivity contribution in [2.75, 3.05) is 5.33 Å². The molecule has 0 aliphatic heterocycles. The highest BCUT2D eigenvalue weighted by atomic mass is 79.9. The van der Waals surface area contributed by atoms with Crippen molar-refractivity contribution in [3.05, 3.63) is 0 Å². The Morgan fingerprint density at radius 2 is 1.58 bits per heavy atom. The Morgan fingerprint density at radius 1 is 1.08 bits per heavy atom. The van der Waals surface area contributed by atoms with Crippen molar-refractivity contribution in [3.8, 4) is 0 Å². The molecule has 1 atom stereocenters. The largest absolute Gasteiger partial charge is 0.0925 e. The molecule has 0 rings (SSSR count). The Hall–Kier alpha value is 0.480. The zero-order chi connectivity index (χ0) is 9.78. The molecule has 0 aromatic heterocycles. The van der Waals surface area contributed by atoms with Crippen LogP contribution in [0.25, 0.3) is 0 Å². The molecule has 1 heteroatoms. The summed E-state index contributed by atoms with van der Waals surface area (Å²) >= 11 is 3.60. The average Bonchev–Trinajstić information content (AvgIpc) is 1.85. The Kier molecular flexibility index (Phi) is 5.47. The third-order valence-corrected chi connectivity index (χ3v) is 3.29. The Bertz CT molecular complexity index is 111. The van der Waals surface area contributed by atoms with Gasteiger partial charge in [-0.1, -0.05) is 57.0 Å². The van der Waals surface area contributed by atoms with Gasteiger partial charge in [-0.3, -0.25) is 0 Å². The highest BCUT2D eigenvalue weighted by Crippen LogP contribution is 2.32. The maximum absolute atomic E-state index is 3.60. The molecule has 0 heterocycles. The van der Waals surface area contributed by atoms with Crippen LogP contribution in [0.15, 0.2) is 0 Å². The quantitative estimate of drug-likeness (QED) is 0.630. The second-order valence-electron chi connectivity index (χ2n) is 5.19. The monoisotopic (exact) mass is 234 g/mol. The maximum Gasteiger partial charge on any atom is 0.00646 e. The number of alkyl halides is 1. The zero-order valence-corrected chi connectivity index (χ0v) is 10.7. The molecular formula is C11H23Br. The Labute approximate surface area is 86.3 Å². The fraction of sp³-hybridized carbons (Fsp3) is 1.00. The molecule has 0 fully saturated rings. The van der Waals surface area contributed by atoms with E-state index >= 15 is 0 Å². The van der Waals surface area contributed by atoms with Gasteiger partial charge in [-0.05, 0) is 23.7 Å². The van der Waals surface area contributed by atoms with Gasteiger partial charge in [0, 0.05) is 5.33 Å². The molecule has 12 heavy (non-hydrogen) atoms. The van der Waals surface area contributed by atoms with E-state index in [9.17, 15) is 0 Å². The molecule has 0 radical (unpaired) electrons.